The lowest BCUT2D eigenvalue weighted by Crippen LogP contribution is -2.44. The fourth-order valence-electron chi connectivity index (χ4n) is 3.53. The molecule has 0 aliphatic heterocycles. The van der Waals surface area contributed by atoms with E-state index in [2.05, 4.69) is 15.5 Å². The van der Waals surface area contributed by atoms with Crippen LogP contribution >= 0.6 is 0 Å². The summed E-state index contributed by atoms with van der Waals surface area (Å²) in [5, 5.41) is 36.8. The second-order valence-corrected chi connectivity index (χ2v) is 8.28. The predicted molar refractivity (Wildman–Crippen MR) is 120 cm³/mol. The Hall–Kier alpha value is -4.05. The topological polar surface area (TPSA) is 153 Å². The number of rotatable bonds is 10. The van der Waals surface area contributed by atoms with Gasteiger partial charge in [-0.25, -0.2) is 9.18 Å². The Balaban J connectivity index is 1.82. The van der Waals surface area contributed by atoms with Crippen molar-refractivity contribution in [1.82, 2.24) is 15.5 Å². The van der Waals surface area contributed by atoms with Gasteiger partial charge in [-0.2, -0.15) is 5.10 Å². The molecule has 0 spiro atoms. The van der Waals surface area contributed by atoms with Crippen LogP contribution in [0.25, 0.3) is 11.1 Å². The van der Waals surface area contributed by atoms with Crippen LogP contribution in [-0.4, -0.2) is 56.0 Å². The van der Waals surface area contributed by atoms with Crippen LogP contribution in [0, 0.1) is 11.2 Å². The molecule has 9 nitrogen and oxygen atoms in total. The summed E-state index contributed by atoms with van der Waals surface area (Å²) >= 11 is 0. The third-order valence-corrected chi connectivity index (χ3v) is 5.53. The zero-order chi connectivity index (χ0) is 24.9. The number of carboxylic acids is 2. The van der Waals surface area contributed by atoms with Crippen molar-refractivity contribution in [3.8, 4) is 11.1 Å². The SMILES string of the molecule is CC(CO)(C[C@@H](Cc1ccc(-c2cccc(F)c2)cc1)NC(=O)c1cc(C(=O)O)n[nH]1)C(=O)O. The van der Waals surface area contributed by atoms with Crippen LogP contribution < -0.4 is 5.32 Å². The second-order valence-electron chi connectivity index (χ2n) is 8.28. The van der Waals surface area contributed by atoms with Gasteiger partial charge in [0.2, 0.25) is 0 Å². The minimum absolute atomic E-state index is 0.0872. The molecule has 2 aromatic carbocycles. The molecule has 10 heteroatoms. The van der Waals surface area contributed by atoms with Crippen molar-refractivity contribution in [2.45, 2.75) is 25.8 Å². The number of aliphatic hydroxyl groups is 1. The molecule has 1 amide bonds. The van der Waals surface area contributed by atoms with Gasteiger partial charge in [-0.1, -0.05) is 36.4 Å². The molecule has 0 fully saturated rings. The Kier molecular flexibility index (Phi) is 7.42. The van der Waals surface area contributed by atoms with E-state index >= 15 is 0 Å². The van der Waals surface area contributed by atoms with Gasteiger partial charge in [-0.05, 0) is 48.6 Å². The van der Waals surface area contributed by atoms with Crippen molar-refractivity contribution in [2.24, 2.45) is 5.41 Å². The summed E-state index contributed by atoms with van der Waals surface area (Å²) in [6, 6.07) is 13.7. The van der Waals surface area contributed by atoms with Gasteiger partial charge in [0.25, 0.3) is 5.91 Å². The molecule has 2 atom stereocenters. The maximum absolute atomic E-state index is 13.5. The molecule has 3 rings (SSSR count). The van der Waals surface area contributed by atoms with Crippen LogP contribution in [0.4, 0.5) is 4.39 Å². The number of aliphatic carboxylic acids is 1. The Morgan fingerprint density at radius 1 is 1.09 bits per heavy atom. The molecule has 1 aromatic heterocycles. The van der Waals surface area contributed by atoms with E-state index in [1.807, 2.05) is 0 Å². The minimum Gasteiger partial charge on any atom is -0.481 e. The smallest absolute Gasteiger partial charge is 0.356 e. The summed E-state index contributed by atoms with van der Waals surface area (Å²) in [6.45, 7) is 0.737. The van der Waals surface area contributed by atoms with Crippen LogP contribution in [-0.2, 0) is 11.2 Å². The molecule has 1 heterocycles. The number of hydrogen-bond acceptors (Lipinski definition) is 5. The van der Waals surface area contributed by atoms with Gasteiger partial charge in [0.05, 0.1) is 12.0 Å². The average Bonchev–Trinajstić information content (AvgIpc) is 3.30. The number of carbonyl (C=O) groups excluding carboxylic acids is 1. The predicted octanol–water partition coefficient (Wildman–Crippen LogP) is 2.73. The number of aromatic nitrogens is 2. The Morgan fingerprint density at radius 2 is 1.79 bits per heavy atom. The molecule has 34 heavy (non-hydrogen) atoms. The van der Waals surface area contributed by atoms with Gasteiger partial charge in [0.1, 0.15) is 11.5 Å². The highest BCUT2D eigenvalue weighted by Gasteiger charge is 2.36. The number of carbonyl (C=O) groups is 3. The molecule has 0 aliphatic rings. The van der Waals surface area contributed by atoms with Gasteiger partial charge in [-0.3, -0.25) is 14.7 Å². The number of nitrogens with zero attached hydrogens (tertiary/aromatic N) is 1. The van der Waals surface area contributed by atoms with Crippen LogP contribution in [0.5, 0.6) is 0 Å². The van der Waals surface area contributed by atoms with Crippen molar-refractivity contribution in [3.63, 3.8) is 0 Å². The van der Waals surface area contributed by atoms with Crippen molar-refractivity contribution < 1.29 is 34.1 Å². The van der Waals surface area contributed by atoms with Crippen molar-refractivity contribution in [3.05, 3.63) is 77.4 Å². The molecule has 178 valence electrons. The molecule has 5 N–H and O–H groups in total. The number of aromatic carboxylic acids is 1. The number of amides is 1. The van der Waals surface area contributed by atoms with E-state index in [-0.39, 0.29) is 30.0 Å². The maximum Gasteiger partial charge on any atom is 0.356 e. The first-order valence-electron chi connectivity index (χ1n) is 10.4. The van der Waals surface area contributed by atoms with Crippen LogP contribution in [0.1, 0.15) is 39.9 Å². The number of hydrogen-bond donors (Lipinski definition) is 5. The monoisotopic (exact) mass is 469 g/mol. The first-order valence-corrected chi connectivity index (χ1v) is 10.4. The largest absolute Gasteiger partial charge is 0.481 e. The normalized spacial score (nSPS) is 13.6. The Bertz CT molecular complexity index is 1190. The van der Waals surface area contributed by atoms with Crippen molar-refractivity contribution >= 4 is 17.8 Å². The highest BCUT2D eigenvalue weighted by molar-refractivity contribution is 5.95. The Morgan fingerprint density at radius 3 is 2.35 bits per heavy atom. The number of carboxylic acid groups (broad SMARTS) is 2. The quantitative estimate of drug-likeness (QED) is 0.306. The van der Waals surface area contributed by atoms with Crippen LogP contribution in [0.2, 0.25) is 0 Å². The third-order valence-electron chi connectivity index (χ3n) is 5.53. The van der Waals surface area contributed by atoms with E-state index in [0.29, 0.717) is 5.56 Å². The number of benzene rings is 2. The molecule has 3 aromatic rings. The minimum atomic E-state index is -1.51. The van der Waals surface area contributed by atoms with Gasteiger partial charge < -0.3 is 20.6 Å². The maximum atomic E-state index is 13.5. The average molecular weight is 469 g/mol. The highest BCUT2D eigenvalue weighted by Crippen LogP contribution is 2.26. The standard InChI is InChI=1S/C24H24FN3O6/c1-24(13-29,23(33)34)12-18(26-21(30)19-11-20(22(31)32)28-27-19)9-14-5-7-15(8-6-14)16-3-2-4-17(25)10-16/h2-8,10-11,18,29H,9,12-13H2,1H3,(H,26,30)(H,27,28)(H,31,32)(H,33,34)/t18-,24?/m1/s1. The van der Waals surface area contributed by atoms with Gasteiger partial charge in [0, 0.05) is 12.1 Å². The summed E-state index contributed by atoms with van der Waals surface area (Å²) < 4.78 is 13.5. The summed E-state index contributed by atoms with van der Waals surface area (Å²) in [6.07, 6.45) is 0.147. The van der Waals surface area contributed by atoms with Crippen molar-refractivity contribution in [2.75, 3.05) is 6.61 Å². The zero-order valence-electron chi connectivity index (χ0n) is 18.3. The number of halogens is 1. The van der Waals surface area contributed by atoms with Crippen LogP contribution in [0.15, 0.2) is 54.6 Å². The lowest BCUT2D eigenvalue weighted by Gasteiger charge is -2.28. The lowest BCUT2D eigenvalue weighted by molar-refractivity contribution is -0.151. The number of H-pyrrole nitrogens is 1. The van der Waals surface area contributed by atoms with Gasteiger partial charge in [-0.15, -0.1) is 0 Å². The lowest BCUT2D eigenvalue weighted by atomic mass is 9.82. The van der Waals surface area contributed by atoms with E-state index in [1.54, 1.807) is 36.4 Å². The van der Waals surface area contributed by atoms with E-state index < -0.39 is 35.9 Å². The second kappa shape index (κ2) is 10.3. The summed E-state index contributed by atoms with van der Waals surface area (Å²) in [4.78, 5) is 35.4. The summed E-state index contributed by atoms with van der Waals surface area (Å²) in [5.74, 6) is -3.53. The molecule has 1 unspecified atom stereocenters. The number of nitrogens with one attached hydrogen (secondary N) is 2. The third kappa shape index (κ3) is 5.84. The first kappa shape index (κ1) is 24.6. The molecular formula is C24H24FN3O6. The molecule has 0 saturated carbocycles. The molecule has 0 aliphatic carbocycles. The number of aliphatic hydroxyl groups excluding tert-OH is 1. The van der Waals surface area contributed by atoms with Crippen LogP contribution in [0.3, 0.4) is 0 Å². The fraction of sp³-hybridized carbons (Fsp3) is 0.250. The Labute approximate surface area is 194 Å². The summed E-state index contributed by atoms with van der Waals surface area (Å²) in [7, 11) is 0. The van der Waals surface area contributed by atoms with Gasteiger partial charge >= 0.3 is 11.9 Å². The van der Waals surface area contributed by atoms with E-state index in [1.165, 1.54) is 19.1 Å². The highest BCUT2D eigenvalue weighted by atomic mass is 19.1. The zero-order valence-corrected chi connectivity index (χ0v) is 18.3. The molecular weight excluding hydrogens is 445 g/mol. The van der Waals surface area contributed by atoms with E-state index in [0.717, 1.165) is 17.2 Å². The van der Waals surface area contributed by atoms with Gasteiger partial charge in [0.15, 0.2) is 5.69 Å². The van der Waals surface area contributed by atoms with E-state index in [9.17, 15) is 29.0 Å². The fourth-order valence-corrected chi connectivity index (χ4v) is 3.53. The number of aromatic amines is 1. The van der Waals surface area contributed by atoms with E-state index in [4.69, 9.17) is 5.11 Å². The molecule has 0 radical (unpaired) electrons. The summed E-state index contributed by atoms with van der Waals surface area (Å²) in [5.41, 5.74) is 0.314. The van der Waals surface area contributed by atoms with Crippen molar-refractivity contribution in [1.29, 1.82) is 0 Å². The molecule has 0 bridgehead atoms. The molecule has 0 saturated heterocycles. The first-order chi connectivity index (χ1) is 16.1.